The van der Waals surface area contributed by atoms with Crippen molar-refractivity contribution in [2.45, 2.75) is 24.2 Å². The largest absolute Gasteiger partial charge is 0.493 e. The van der Waals surface area contributed by atoms with Gasteiger partial charge in [0.2, 0.25) is 15.9 Å². The van der Waals surface area contributed by atoms with Crippen molar-refractivity contribution >= 4 is 44.0 Å². The van der Waals surface area contributed by atoms with Crippen LogP contribution in [0.2, 0.25) is 0 Å². The molecule has 1 heterocycles. The van der Waals surface area contributed by atoms with Gasteiger partial charge in [0.25, 0.3) is 0 Å². The van der Waals surface area contributed by atoms with Gasteiger partial charge in [0.1, 0.15) is 18.0 Å². The maximum Gasteiger partial charge on any atom is 0.238 e. The molecule has 0 aliphatic rings. The lowest BCUT2D eigenvalue weighted by molar-refractivity contribution is -0.116. The number of nitrogens with zero attached hydrogens (tertiary/aromatic N) is 2. The number of fused-ring (bicyclic) bond motifs is 1. The number of carbonyl (C=O) groups excluding carboxylic acids is 1. The van der Waals surface area contributed by atoms with Crippen molar-refractivity contribution < 1.29 is 27.1 Å². The van der Waals surface area contributed by atoms with Crippen LogP contribution in [-0.2, 0) is 14.8 Å². The Morgan fingerprint density at radius 2 is 1.68 bits per heavy atom. The average Bonchev–Trinajstić information content (AvgIpc) is 2.89. The Morgan fingerprint density at radius 3 is 2.37 bits per heavy atom. The number of rotatable bonds is 11. The molecule has 0 saturated carbocycles. The molecule has 0 spiro atoms. The summed E-state index contributed by atoms with van der Waals surface area (Å²) in [7, 11) is -2.25. The molecule has 198 valence electrons. The molecule has 0 aliphatic carbocycles. The smallest absolute Gasteiger partial charge is 0.238 e. The van der Waals surface area contributed by atoms with Gasteiger partial charge in [-0.1, -0.05) is 0 Å². The summed E-state index contributed by atoms with van der Waals surface area (Å²) in [6.07, 6.45) is 2.85. The van der Waals surface area contributed by atoms with Gasteiger partial charge in [-0.2, -0.15) is 0 Å². The molecule has 0 aliphatic heterocycles. The lowest BCUT2D eigenvalue weighted by Gasteiger charge is -2.14. The molecule has 0 unspecified atom stereocenters. The van der Waals surface area contributed by atoms with E-state index in [0.29, 0.717) is 59.0 Å². The van der Waals surface area contributed by atoms with Crippen molar-refractivity contribution in [3.05, 3.63) is 72.8 Å². The first-order valence-corrected chi connectivity index (χ1v) is 13.2. The van der Waals surface area contributed by atoms with Crippen molar-refractivity contribution in [1.29, 1.82) is 0 Å². The van der Waals surface area contributed by atoms with Crippen LogP contribution >= 0.6 is 0 Å². The van der Waals surface area contributed by atoms with Gasteiger partial charge in [-0.25, -0.2) is 27.9 Å². The molecular weight excluding hydrogens is 513 g/mol. The summed E-state index contributed by atoms with van der Waals surface area (Å²) in [5, 5.41) is 11.7. The number of unbranched alkanes of at least 4 members (excludes halogenated alkanes) is 1. The minimum absolute atomic E-state index is 0.0262. The van der Waals surface area contributed by atoms with Gasteiger partial charge in [-0.15, -0.1) is 0 Å². The number of primary sulfonamides is 1. The molecule has 0 bridgehead atoms. The molecule has 0 fully saturated rings. The maximum absolute atomic E-state index is 13.3. The van der Waals surface area contributed by atoms with Gasteiger partial charge >= 0.3 is 0 Å². The van der Waals surface area contributed by atoms with Crippen LogP contribution < -0.4 is 25.2 Å². The monoisotopic (exact) mass is 539 g/mol. The molecule has 0 radical (unpaired) electrons. The average molecular weight is 540 g/mol. The molecule has 1 amide bonds. The molecule has 3 aromatic carbocycles. The second-order valence-electron chi connectivity index (χ2n) is 8.30. The Bertz CT molecular complexity index is 1530. The van der Waals surface area contributed by atoms with Crippen LogP contribution in [-0.4, -0.2) is 38.0 Å². The summed E-state index contributed by atoms with van der Waals surface area (Å²) in [6, 6.07) is 15.1. The zero-order chi connectivity index (χ0) is 27.1. The molecule has 4 N–H and O–H groups in total. The SMILES string of the molecule is COc1cc2ncnc(Nc3ccc(F)cc3)c2cc1OCCCCC(=O)Nc1ccc(S(N)(=O)=O)cc1. The van der Waals surface area contributed by atoms with Gasteiger partial charge in [-0.05, 0) is 67.4 Å². The van der Waals surface area contributed by atoms with E-state index in [1.54, 1.807) is 24.3 Å². The predicted molar refractivity (Wildman–Crippen MR) is 142 cm³/mol. The Labute approximate surface area is 219 Å². The summed E-state index contributed by atoms with van der Waals surface area (Å²) in [4.78, 5) is 20.8. The number of sulfonamides is 1. The molecule has 0 saturated heterocycles. The first-order valence-electron chi connectivity index (χ1n) is 11.6. The first kappa shape index (κ1) is 26.8. The molecule has 1 aromatic heterocycles. The highest BCUT2D eigenvalue weighted by Gasteiger charge is 2.13. The van der Waals surface area contributed by atoms with Crippen LogP contribution in [0.25, 0.3) is 10.9 Å². The summed E-state index contributed by atoms with van der Waals surface area (Å²) in [6.45, 7) is 0.340. The van der Waals surface area contributed by atoms with E-state index in [9.17, 15) is 17.6 Å². The number of carbonyl (C=O) groups is 1. The molecule has 38 heavy (non-hydrogen) atoms. The van der Waals surface area contributed by atoms with Crippen molar-refractivity contribution in [2.75, 3.05) is 24.4 Å². The molecule has 12 heteroatoms. The third-order valence-electron chi connectivity index (χ3n) is 5.55. The van der Waals surface area contributed by atoms with Crippen molar-refractivity contribution in [3.63, 3.8) is 0 Å². The number of hydrogen-bond donors (Lipinski definition) is 3. The van der Waals surface area contributed by atoms with E-state index in [1.807, 2.05) is 0 Å². The second kappa shape index (κ2) is 11.8. The highest BCUT2D eigenvalue weighted by atomic mass is 32.2. The number of amides is 1. The topological polar surface area (TPSA) is 146 Å². The number of aromatic nitrogens is 2. The molecule has 0 atom stereocenters. The quantitative estimate of drug-likeness (QED) is 0.238. The Hall–Kier alpha value is -4.29. The van der Waals surface area contributed by atoms with Crippen molar-refractivity contribution in [3.8, 4) is 11.5 Å². The fraction of sp³-hybridized carbons (Fsp3) is 0.192. The molecule has 4 rings (SSSR count). The number of ether oxygens (including phenoxy) is 2. The van der Waals surface area contributed by atoms with Crippen molar-refractivity contribution in [2.24, 2.45) is 5.14 Å². The van der Waals surface area contributed by atoms with Gasteiger partial charge < -0.3 is 20.1 Å². The standard InChI is InChI=1S/C26H26FN5O5S/c1-36-23-15-22-21(26(30-16-29-22)32-19-7-5-17(27)6-8-19)14-24(23)37-13-3-2-4-25(33)31-18-9-11-20(12-10-18)38(28,34)35/h5-12,14-16H,2-4,13H2,1H3,(H,31,33)(H2,28,34,35)(H,29,30,32). The number of methoxy groups -OCH3 is 1. The third kappa shape index (κ3) is 6.93. The summed E-state index contributed by atoms with van der Waals surface area (Å²) in [5.41, 5.74) is 1.79. The van der Waals surface area contributed by atoms with E-state index in [1.165, 1.54) is 49.8 Å². The van der Waals surface area contributed by atoms with Crippen LogP contribution in [0.1, 0.15) is 19.3 Å². The normalized spacial score (nSPS) is 11.2. The highest BCUT2D eigenvalue weighted by Crippen LogP contribution is 2.35. The van der Waals surface area contributed by atoms with Gasteiger partial charge in [0.05, 0.1) is 24.1 Å². The fourth-order valence-electron chi connectivity index (χ4n) is 3.63. The van der Waals surface area contributed by atoms with E-state index in [0.717, 1.165) is 0 Å². The van der Waals surface area contributed by atoms with Crippen LogP contribution in [0.15, 0.2) is 71.9 Å². The van der Waals surface area contributed by atoms with Gasteiger partial charge in [0, 0.05) is 29.2 Å². The number of anilines is 3. The van der Waals surface area contributed by atoms with Crippen molar-refractivity contribution in [1.82, 2.24) is 9.97 Å². The van der Waals surface area contributed by atoms with E-state index >= 15 is 0 Å². The van der Waals surface area contributed by atoms with Gasteiger partial charge in [-0.3, -0.25) is 4.79 Å². The summed E-state index contributed by atoms with van der Waals surface area (Å²) >= 11 is 0. The second-order valence-corrected chi connectivity index (χ2v) is 9.86. The molecule has 4 aromatic rings. The molecule has 10 nitrogen and oxygen atoms in total. The van der Waals surface area contributed by atoms with Crippen LogP contribution in [0.4, 0.5) is 21.6 Å². The zero-order valence-electron chi connectivity index (χ0n) is 20.5. The van der Waals surface area contributed by atoms with E-state index in [2.05, 4.69) is 20.6 Å². The maximum atomic E-state index is 13.3. The van der Waals surface area contributed by atoms with Crippen LogP contribution in [0, 0.1) is 5.82 Å². The fourth-order valence-corrected chi connectivity index (χ4v) is 4.14. The van der Waals surface area contributed by atoms with E-state index in [-0.39, 0.29) is 23.0 Å². The number of nitrogens with one attached hydrogen (secondary N) is 2. The minimum Gasteiger partial charge on any atom is -0.493 e. The number of nitrogens with two attached hydrogens (primary N) is 1. The predicted octanol–water partition coefficient (Wildman–Crippen LogP) is 4.36. The Morgan fingerprint density at radius 1 is 0.974 bits per heavy atom. The number of hydrogen-bond acceptors (Lipinski definition) is 8. The van der Waals surface area contributed by atoms with E-state index < -0.39 is 10.0 Å². The Balaban J connectivity index is 1.33. The molecular formula is C26H26FN5O5S. The lowest BCUT2D eigenvalue weighted by atomic mass is 10.2. The Kier molecular flexibility index (Phi) is 8.34. The summed E-state index contributed by atoms with van der Waals surface area (Å²) < 4.78 is 47.3. The van der Waals surface area contributed by atoms with Crippen LogP contribution in [0.5, 0.6) is 11.5 Å². The zero-order valence-corrected chi connectivity index (χ0v) is 21.3. The first-order chi connectivity index (χ1) is 18.2. The highest BCUT2D eigenvalue weighted by molar-refractivity contribution is 7.89. The number of benzene rings is 3. The van der Waals surface area contributed by atoms with Crippen LogP contribution in [0.3, 0.4) is 0 Å². The lowest BCUT2D eigenvalue weighted by Crippen LogP contribution is -2.13. The van der Waals surface area contributed by atoms with Gasteiger partial charge in [0.15, 0.2) is 11.5 Å². The number of halogens is 1. The summed E-state index contributed by atoms with van der Waals surface area (Å²) in [5.74, 6) is 0.994. The third-order valence-corrected chi connectivity index (χ3v) is 6.48. The van der Waals surface area contributed by atoms with E-state index in [4.69, 9.17) is 14.6 Å². The minimum atomic E-state index is -3.79.